The van der Waals surface area contributed by atoms with Gasteiger partial charge in [0.15, 0.2) is 5.96 Å². The first-order valence-electron chi connectivity index (χ1n) is 8.76. The van der Waals surface area contributed by atoms with E-state index >= 15 is 0 Å². The van der Waals surface area contributed by atoms with E-state index in [0.29, 0.717) is 0 Å². The van der Waals surface area contributed by atoms with Gasteiger partial charge in [-0.25, -0.2) is 0 Å². The Bertz CT molecular complexity index is 512. The van der Waals surface area contributed by atoms with Gasteiger partial charge in [0.1, 0.15) is 0 Å². The summed E-state index contributed by atoms with van der Waals surface area (Å²) in [6.45, 7) is 7.74. The van der Waals surface area contributed by atoms with E-state index < -0.39 is 0 Å². The van der Waals surface area contributed by atoms with Gasteiger partial charge >= 0.3 is 0 Å². The molecule has 2 rings (SSSR count). The highest BCUT2D eigenvalue weighted by atomic mass is 127. The lowest BCUT2D eigenvalue weighted by molar-refractivity contribution is 0.183. The number of piperidine rings is 1. The molecule has 1 atom stereocenters. The third-order valence-electron chi connectivity index (χ3n) is 4.31. The fourth-order valence-electron chi connectivity index (χ4n) is 2.94. The number of likely N-dealkylation sites (tertiary alicyclic amines) is 1. The molecule has 0 saturated carbocycles. The molecule has 25 heavy (non-hydrogen) atoms. The fourth-order valence-corrected chi connectivity index (χ4v) is 3.83. The number of thioether (sulfide) groups is 1. The minimum Gasteiger partial charge on any atom is -0.356 e. The van der Waals surface area contributed by atoms with Gasteiger partial charge in [-0.05, 0) is 56.1 Å². The predicted molar refractivity (Wildman–Crippen MR) is 122 cm³/mol. The first kappa shape index (κ1) is 22.9. The van der Waals surface area contributed by atoms with Crippen molar-refractivity contribution in [2.24, 2.45) is 10.9 Å². The van der Waals surface area contributed by atoms with Crippen molar-refractivity contribution in [2.75, 3.05) is 45.5 Å². The molecular formula is C18H30ClIN4S. The summed E-state index contributed by atoms with van der Waals surface area (Å²) in [5, 5.41) is 7.65. The van der Waals surface area contributed by atoms with E-state index in [4.69, 9.17) is 11.6 Å². The van der Waals surface area contributed by atoms with Crippen LogP contribution in [0.1, 0.15) is 19.8 Å². The zero-order valence-electron chi connectivity index (χ0n) is 15.1. The molecule has 1 aromatic rings. The van der Waals surface area contributed by atoms with Gasteiger partial charge in [0, 0.05) is 42.4 Å². The van der Waals surface area contributed by atoms with Gasteiger partial charge in [-0.1, -0.05) is 18.5 Å². The molecule has 142 valence electrons. The van der Waals surface area contributed by atoms with Crippen LogP contribution in [0.15, 0.2) is 34.2 Å². The van der Waals surface area contributed by atoms with E-state index in [1.165, 1.54) is 30.8 Å². The largest absolute Gasteiger partial charge is 0.356 e. The second kappa shape index (κ2) is 13.1. The molecule has 1 aliphatic heterocycles. The summed E-state index contributed by atoms with van der Waals surface area (Å²) >= 11 is 7.72. The van der Waals surface area contributed by atoms with Gasteiger partial charge in [0.25, 0.3) is 0 Å². The smallest absolute Gasteiger partial charge is 0.191 e. The van der Waals surface area contributed by atoms with Crippen LogP contribution in [0.4, 0.5) is 0 Å². The first-order valence-corrected chi connectivity index (χ1v) is 10.1. The Morgan fingerprint density at radius 3 is 2.76 bits per heavy atom. The molecule has 1 saturated heterocycles. The highest BCUT2D eigenvalue weighted by Gasteiger charge is 2.18. The van der Waals surface area contributed by atoms with Crippen molar-refractivity contribution in [3.05, 3.63) is 29.3 Å². The Morgan fingerprint density at radius 1 is 1.32 bits per heavy atom. The highest BCUT2D eigenvalue weighted by Crippen LogP contribution is 2.19. The number of rotatable bonds is 7. The van der Waals surface area contributed by atoms with Crippen molar-refractivity contribution in [2.45, 2.75) is 24.7 Å². The summed E-state index contributed by atoms with van der Waals surface area (Å²) in [6.07, 6.45) is 2.62. The molecule has 0 aromatic heterocycles. The average molecular weight is 497 g/mol. The summed E-state index contributed by atoms with van der Waals surface area (Å²) in [4.78, 5) is 8.10. The molecule has 0 radical (unpaired) electrons. The Kier molecular flexibility index (Phi) is 11.9. The normalized spacial score (nSPS) is 18.5. The summed E-state index contributed by atoms with van der Waals surface area (Å²) in [6, 6.07) is 7.98. The lowest BCUT2D eigenvalue weighted by Gasteiger charge is -2.32. The predicted octanol–water partition coefficient (Wildman–Crippen LogP) is 3.95. The molecule has 7 heteroatoms. The number of nitrogens with one attached hydrogen (secondary N) is 2. The molecule has 0 bridgehead atoms. The van der Waals surface area contributed by atoms with E-state index in [0.717, 1.165) is 42.3 Å². The fraction of sp³-hybridized carbons (Fsp3) is 0.611. The lowest BCUT2D eigenvalue weighted by Crippen LogP contribution is -2.44. The molecule has 0 amide bonds. The van der Waals surface area contributed by atoms with Gasteiger partial charge in [-0.2, -0.15) is 0 Å². The van der Waals surface area contributed by atoms with Crippen molar-refractivity contribution in [1.29, 1.82) is 0 Å². The molecule has 0 spiro atoms. The topological polar surface area (TPSA) is 39.7 Å². The van der Waals surface area contributed by atoms with Crippen LogP contribution in [0.2, 0.25) is 5.02 Å². The average Bonchev–Trinajstić information content (AvgIpc) is 2.63. The molecule has 0 aliphatic carbocycles. The van der Waals surface area contributed by atoms with Crippen LogP contribution in [0, 0.1) is 5.92 Å². The second-order valence-electron chi connectivity index (χ2n) is 6.08. The third kappa shape index (κ3) is 8.84. The van der Waals surface area contributed by atoms with Crippen molar-refractivity contribution in [1.82, 2.24) is 15.5 Å². The van der Waals surface area contributed by atoms with Gasteiger partial charge in [-0.3, -0.25) is 4.99 Å². The summed E-state index contributed by atoms with van der Waals surface area (Å²) in [5.74, 6) is 2.62. The monoisotopic (exact) mass is 496 g/mol. The molecule has 1 aliphatic rings. The minimum absolute atomic E-state index is 0. The Balaban J connectivity index is 0.00000312. The highest BCUT2D eigenvalue weighted by molar-refractivity contribution is 14.0. The van der Waals surface area contributed by atoms with E-state index in [-0.39, 0.29) is 24.0 Å². The van der Waals surface area contributed by atoms with Crippen LogP contribution in [0.5, 0.6) is 0 Å². The second-order valence-corrected chi connectivity index (χ2v) is 7.69. The van der Waals surface area contributed by atoms with Gasteiger partial charge in [0.2, 0.25) is 0 Å². The van der Waals surface area contributed by atoms with E-state index in [9.17, 15) is 0 Å². The van der Waals surface area contributed by atoms with Crippen molar-refractivity contribution >= 4 is 53.3 Å². The maximum absolute atomic E-state index is 5.90. The molecule has 4 nitrogen and oxygen atoms in total. The van der Waals surface area contributed by atoms with Crippen molar-refractivity contribution < 1.29 is 0 Å². The standard InChI is InChI=1S/C18H29ClN4S.HI/c1-3-23-11-4-5-15(14-23)13-22-18(20-2)21-10-12-24-17-8-6-16(19)7-9-17;/h6-9,15H,3-5,10-14H2,1-2H3,(H2,20,21,22);1H. The van der Waals surface area contributed by atoms with Gasteiger partial charge < -0.3 is 15.5 Å². The van der Waals surface area contributed by atoms with Crippen LogP contribution in [0.3, 0.4) is 0 Å². The number of nitrogens with zero attached hydrogens (tertiary/aromatic N) is 2. The zero-order chi connectivity index (χ0) is 17.2. The number of halogens is 2. The molecule has 1 aromatic carbocycles. The quantitative estimate of drug-likeness (QED) is 0.197. The summed E-state index contributed by atoms with van der Waals surface area (Å²) in [7, 11) is 1.83. The Hall–Kier alpha value is -0.180. The van der Waals surface area contributed by atoms with Crippen LogP contribution in [0.25, 0.3) is 0 Å². The van der Waals surface area contributed by atoms with Gasteiger partial charge in [-0.15, -0.1) is 35.7 Å². The van der Waals surface area contributed by atoms with Crippen LogP contribution >= 0.6 is 47.3 Å². The maximum atomic E-state index is 5.90. The van der Waals surface area contributed by atoms with Crippen LogP contribution in [-0.4, -0.2) is 56.4 Å². The molecule has 2 N–H and O–H groups in total. The first-order chi connectivity index (χ1) is 11.7. The van der Waals surface area contributed by atoms with Crippen molar-refractivity contribution in [3.8, 4) is 0 Å². The number of benzene rings is 1. The molecule has 1 fully saturated rings. The number of hydrogen-bond acceptors (Lipinski definition) is 3. The van der Waals surface area contributed by atoms with Crippen molar-refractivity contribution in [3.63, 3.8) is 0 Å². The Morgan fingerprint density at radius 2 is 2.08 bits per heavy atom. The lowest BCUT2D eigenvalue weighted by atomic mass is 9.98. The number of aliphatic imine (C=N–C) groups is 1. The number of hydrogen-bond donors (Lipinski definition) is 2. The number of guanidine groups is 1. The summed E-state index contributed by atoms with van der Waals surface area (Å²) in [5.41, 5.74) is 0. The van der Waals surface area contributed by atoms with Gasteiger partial charge in [0.05, 0.1) is 0 Å². The summed E-state index contributed by atoms with van der Waals surface area (Å²) < 4.78 is 0. The van der Waals surface area contributed by atoms with E-state index in [2.05, 4.69) is 39.6 Å². The molecule has 1 unspecified atom stereocenters. The SMILES string of the molecule is CCN1CCCC(CNC(=NC)NCCSc2ccc(Cl)cc2)C1.I. The van der Waals surface area contributed by atoms with E-state index in [1.807, 2.05) is 30.9 Å². The third-order valence-corrected chi connectivity index (χ3v) is 5.57. The zero-order valence-corrected chi connectivity index (χ0v) is 19.0. The molecular weight excluding hydrogens is 467 g/mol. The van der Waals surface area contributed by atoms with Crippen LogP contribution < -0.4 is 10.6 Å². The maximum Gasteiger partial charge on any atom is 0.191 e. The van der Waals surface area contributed by atoms with Crippen LogP contribution in [-0.2, 0) is 0 Å². The molecule has 1 heterocycles. The Labute approximate surface area is 178 Å². The van der Waals surface area contributed by atoms with E-state index in [1.54, 1.807) is 0 Å². The minimum atomic E-state index is 0.